The van der Waals surface area contributed by atoms with E-state index in [0.717, 1.165) is 18.7 Å². The topological polar surface area (TPSA) is 42.1 Å². The van der Waals surface area contributed by atoms with Gasteiger partial charge < -0.3 is 10.6 Å². The lowest BCUT2D eigenvalue weighted by molar-refractivity contribution is 0.645. The molecule has 1 rings (SSSR count). The number of nitrogens with zero attached hydrogens (tertiary/aromatic N) is 2. The first-order valence-corrected chi connectivity index (χ1v) is 5.43. The smallest absolute Gasteiger partial charge is 0.130 e. The molecular weight excluding hydrogens is 186 g/mol. The van der Waals surface area contributed by atoms with Gasteiger partial charge in [-0.3, -0.25) is 0 Å². The maximum atomic E-state index is 5.91. The summed E-state index contributed by atoms with van der Waals surface area (Å²) in [5.41, 5.74) is 8.35. The minimum atomic E-state index is 0.247. The largest absolute Gasteiger partial charge is 0.363 e. The molecule has 1 atom stereocenters. The molecule has 0 radical (unpaired) electrons. The highest BCUT2D eigenvalue weighted by atomic mass is 15.1. The molecule has 3 nitrogen and oxygen atoms in total. The van der Waals surface area contributed by atoms with Gasteiger partial charge in [-0.1, -0.05) is 13.0 Å². The maximum Gasteiger partial charge on any atom is 0.130 e. The van der Waals surface area contributed by atoms with Crippen molar-refractivity contribution in [1.82, 2.24) is 4.98 Å². The van der Waals surface area contributed by atoms with E-state index in [1.54, 1.807) is 0 Å². The molecule has 0 aromatic carbocycles. The second-order valence-electron chi connectivity index (χ2n) is 4.25. The molecule has 0 saturated heterocycles. The number of hydrogen-bond acceptors (Lipinski definition) is 3. The SMILES string of the molecule is CCC(N)Cc1cnc(N(C)C)c(C)c1. The molecule has 1 aromatic rings. The molecule has 0 fully saturated rings. The summed E-state index contributed by atoms with van der Waals surface area (Å²) in [4.78, 5) is 6.46. The Morgan fingerprint density at radius 2 is 2.13 bits per heavy atom. The average molecular weight is 207 g/mol. The number of nitrogens with two attached hydrogens (primary N) is 1. The van der Waals surface area contributed by atoms with Crippen molar-refractivity contribution >= 4 is 5.82 Å². The third-order valence-electron chi connectivity index (χ3n) is 2.55. The van der Waals surface area contributed by atoms with Gasteiger partial charge in [0, 0.05) is 26.3 Å². The first-order chi connectivity index (χ1) is 7.04. The summed E-state index contributed by atoms with van der Waals surface area (Å²) in [5.74, 6) is 1.03. The zero-order chi connectivity index (χ0) is 11.4. The Bertz CT molecular complexity index is 321. The van der Waals surface area contributed by atoms with E-state index in [1.165, 1.54) is 11.1 Å². The van der Waals surface area contributed by atoms with Gasteiger partial charge in [-0.25, -0.2) is 4.98 Å². The Morgan fingerprint density at radius 3 is 2.60 bits per heavy atom. The number of aromatic nitrogens is 1. The van der Waals surface area contributed by atoms with Gasteiger partial charge in [0.2, 0.25) is 0 Å². The van der Waals surface area contributed by atoms with Crippen LogP contribution < -0.4 is 10.6 Å². The Kier molecular flexibility index (Phi) is 4.09. The van der Waals surface area contributed by atoms with E-state index in [-0.39, 0.29) is 6.04 Å². The highest BCUT2D eigenvalue weighted by Gasteiger charge is 2.06. The van der Waals surface area contributed by atoms with Crippen LogP contribution in [-0.2, 0) is 6.42 Å². The van der Waals surface area contributed by atoms with E-state index < -0.39 is 0 Å². The molecule has 0 aliphatic heterocycles. The van der Waals surface area contributed by atoms with Gasteiger partial charge in [0.25, 0.3) is 0 Å². The van der Waals surface area contributed by atoms with E-state index in [1.807, 2.05) is 25.2 Å². The minimum absolute atomic E-state index is 0.247. The van der Waals surface area contributed by atoms with Crippen molar-refractivity contribution < 1.29 is 0 Å². The summed E-state index contributed by atoms with van der Waals surface area (Å²) in [6, 6.07) is 2.43. The quantitative estimate of drug-likeness (QED) is 0.817. The first kappa shape index (κ1) is 12.0. The molecule has 0 spiro atoms. The van der Waals surface area contributed by atoms with Crippen molar-refractivity contribution in [3.05, 3.63) is 23.4 Å². The predicted molar refractivity (Wildman–Crippen MR) is 65.3 cm³/mol. The summed E-state index contributed by atoms with van der Waals surface area (Å²) >= 11 is 0. The Hall–Kier alpha value is -1.09. The lowest BCUT2D eigenvalue weighted by Gasteiger charge is -2.16. The molecule has 0 saturated carbocycles. The van der Waals surface area contributed by atoms with E-state index >= 15 is 0 Å². The predicted octanol–water partition coefficient (Wildman–Crippen LogP) is 1.74. The average Bonchev–Trinajstić information content (AvgIpc) is 2.17. The molecule has 1 unspecified atom stereocenters. The molecule has 15 heavy (non-hydrogen) atoms. The summed E-state index contributed by atoms with van der Waals surface area (Å²) in [5, 5.41) is 0. The molecule has 3 heteroatoms. The van der Waals surface area contributed by atoms with Crippen molar-refractivity contribution in [3.63, 3.8) is 0 Å². The van der Waals surface area contributed by atoms with Crippen molar-refractivity contribution in [2.75, 3.05) is 19.0 Å². The highest BCUT2D eigenvalue weighted by Crippen LogP contribution is 2.16. The zero-order valence-electron chi connectivity index (χ0n) is 10.1. The Morgan fingerprint density at radius 1 is 1.47 bits per heavy atom. The Labute approximate surface area is 92.3 Å². The van der Waals surface area contributed by atoms with Crippen LogP contribution >= 0.6 is 0 Å². The van der Waals surface area contributed by atoms with Gasteiger partial charge in [0.1, 0.15) is 5.82 Å². The number of anilines is 1. The van der Waals surface area contributed by atoms with Gasteiger partial charge in [-0.15, -0.1) is 0 Å². The van der Waals surface area contributed by atoms with Crippen LogP contribution in [0.1, 0.15) is 24.5 Å². The molecule has 0 aliphatic carbocycles. The summed E-state index contributed by atoms with van der Waals surface area (Å²) in [6.45, 7) is 4.20. The van der Waals surface area contributed by atoms with Crippen LogP contribution in [0, 0.1) is 6.92 Å². The molecule has 1 heterocycles. The molecule has 0 bridgehead atoms. The third-order valence-corrected chi connectivity index (χ3v) is 2.55. The van der Waals surface area contributed by atoms with Crippen LogP contribution in [0.15, 0.2) is 12.3 Å². The van der Waals surface area contributed by atoms with Crippen LogP contribution in [0.3, 0.4) is 0 Å². The summed E-state index contributed by atoms with van der Waals surface area (Å²) in [7, 11) is 4.01. The van der Waals surface area contributed by atoms with Crippen molar-refractivity contribution in [2.24, 2.45) is 5.73 Å². The van der Waals surface area contributed by atoms with Crippen molar-refractivity contribution in [2.45, 2.75) is 32.7 Å². The standard InChI is InChI=1S/C12H21N3/c1-5-11(13)7-10-6-9(2)12(14-8-10)15(3)4/h6,8,11H,5,7,13H2,1-4H3. The normalized spacial score (nSPS) is 12.6. The number of hydrogen-bond donors (Lipinski definition) is 1. The molecular formula is C12H21N3. The summed E-state index contributed by atoms with van der Waals surface area (Å²) < 4.78 is 0. The van der Waals surface area contributed by atoms with Gasteiger partial charge in [0.15, 0.2) is 0 Å². The molecule has 0 amide bonds. The van der Waals surface area contributed by atoms with E-state index in [9.17, 15) is 0 Å². The monoisotopic (exact) mass is 207 g/mol. The van der Waals surface area contributed by atoms with Crippen LogP contribution in [0.4, 0.5) is 5.82 Å². The first-order valence-electron chi connectivity index (χ1n) is 5.43. The Balaban J connectivity index is 2.82. The van der Waals surface area contributed by atoms with Crippen LogP contribution in [-0.4, -0.2) is 25.1 Å². The number of rotatable bonds is 4. The second-order valence-corrected chi connectivity index (χ2v) is 4.25. The molecule has 2 N–H and O–H groups in total. The lowest BCUT2D eigenvalue weighted by atomic mass is 10.1. The fourth-order valence-electron chi connectivity index (χ4n) is 1.65. The molecule has 1 aromatic heterocycles. The van der Waals surface area contributed by atoms with E-state index in [4.69, 9.17) is 5.73 Å². The van der Waals surface area contributed by atoms with Gasteiger partial charge in [-0.2, -0.15) is 0 Å². The van der Waals surface area contributed by atoms with Gasteiger partial charge in [-0.05, 0) is 30.9 Å². The maximum absolute atomic E-state index is 5.91. The molecule has 0 aliphatic rings. The van der Waals surface area contributed by atoms with E-state index in [2.05, 4.69) is 24.9 Å². The lowest BCUT2D eigenvalue weighted by Crippen LogP contribution is -2.21. The van der Waals surface area contributed by atoms with Gasteiger partial charge in [0.05, 0.1) is 0 Å². The molecule has 84 valence electrons. The van der Waals surface area contributed by atoms with Crippen molar-refractivity contribution in [1.29, 1.82) is 0 Å². The van der Waals surface area contributed by atoms with Crippen LogP contribution in [0.25, 0.3) is 0 Å². The summed E-state index contributed by atoms with van der Waals surface area (Å²) in [6.07, 6.45) is 3.85. The van der Waals surface area contributed by atoms with Gasteiger partial charge >= 0.3 is 0 Å². The number of pyridine rings is 1. The minimum Gasteiger partial charge on any atom is -0.363 e. The van der Waals surface area contributed by atoms with Crippen molar-refractivity contribution in [3.8, 4) is 0 Å². The fraction of sp³-hybridized carbons (Fsp3) is 0.583. The zero-order valence-corrected chi connectivity index (χ0v) is 10.1. The highest BCUT2D eigenvalue weighted by molar-refractivity contribution is 5.45. The third kappa shape index (κ3) is 3.20. The van der Waals surface area contributed by atoms with Crippen LogP contribution in [0.2, 0.25) is 0 Å². The van der Waals surface area contributed by atoms with Crippen LogP contribution in [0.5, 0.6) is 0 Å². The fourth-order valence-corrected chi connectivity index (χ4v) is 1.65. The van der Waals surface area contributed by atoms with E-state index in [0.29, 0.717) is 0 Å². The number of aryl methyl sites for hydroxylation is 1. The second kappa shape index (κ2) is 5.12.